The predicted octanol–water partition coefficient (Wildman–Crippen LogP) is 3.72. The fraction of sp³-hybridized carbons (Fsp3) is 0.111. The second kappa shape index (κ2) is 7.14. The van der Waals surface area contributed by atoms with E-state index in [1.54, 1.807) is 12.0 Å². The summed E-state index contributed by atoms with van der Waals surface area (Å²) in [4.78, 5) is 6.34. The van der Waals surface area contributed by atoms with Crippen molar-refractivity contribution in [3.05, 3.63) is 65.5 Å². The highest BCUT2D eigenvalue weighted by Crippen LogP contribution is 2.30. The Morgan fingerprint density at radius 1 is 1.21 bits per heavy atom. The summed E-state index contributed by atoms with van der Waals surface area (Å²) >= 11 is 1.47. The number of methoxy groups -OCH3 is 1. The minimum Gasteiger partial charge on any atom is -0.497 e. The van der Waals surface area contributed by atoms with Crippen molar-refractivity contribution in [1.82, 2.24) is 4.98 Å². The van der Waals surface area contributed by atoms with E-state index in [1.165, 1.54) is 11.3 Å². The van der Waals surface area contributed by atoms with E-state index in [4.69, 9.17) is 15.9 Å². The third-order valence-corrected chi connectivity index (χ3v) is 4.43. The second-order valence-corrected chi connectivity index (χ2v) is 6.04. The minimum absolute atomic E-state index is 0.0228. The molecule has 6 heteroatoms. The lowest BCUT2D eigenvalue weighted by molar-refractivity contribution is 0.415. The largest absolute Gasteiger partial charge is 0.497 e. The van der Waals surface area contributed by atoms with E-state index in [2.05, 4.69) is 4.98 Å². The van der Waals surface area contributed by atoms with Crippen molar-refractivity contribution in [3.8, 4) is 17.0 Å². The van der Waals surface area contributed by atoms with Gasteiger partial charge in [0.2, 0.25) is 0 Å². The van der Waals surface area contributed by atoms with Crippen LogP contribution in [0.5, 0.6) is 5.75 Å². The summed E-state index contributed by atoms with van der Waals surface area (Å²) in [6.45, 7) is 0.515. The molecule has 1 aromatic heterocycles. The van der Waals surface area contributed by atoms with Gasteiger partial charge in [-0.05, 0) is 17.7 Å². The van der Waals surface area contributed by atoms with Crippen LogP contribution in [0.15, 0.2) is 60.0 Å². The number of ether oxygens (including phenoxy) is 1. The summed E-state index contributed by atoms with van der Waals surface area (Å²) in [5.74, 6) is 0.764. The fourth-order valence-corrected chi connectivity index (χ4v) is 3.17. The Kier molecular flexibility index (Phi) is 4.77. The Morgan fingerprint density at radius 2 is 2.00 bits per heavy atom. The molecule has 0 aliphatic carbocycles. The van der Waals surface area contributed by atoms with Gasteiger partial charge in [-0.25, -0.2) is 4.98 Å². The van der Waals surface area contributed by atoms with Crippen LogP contribution in [0, 0.1) is 5.41 Å². The van der Waals surface area contributed by atoms with Crippen LogP contribution in [0.25, 0.3) is 11.3 Å². The highest BCUT2D eigenvalue weighted by atomic mass is 32.1. The van der Waals surface area contributed by atoms with Crippen molar-refractivity contribution in [2.75, 3.05) is 12.0 Å². The van der Waals surface area contributed by atoms with Gasteiger partial charge in [0.05, 0.1) is 19.3 Å². The third kappa shape index (κ3) is 3.55. The zero-order valence-corrected chi connectivity index (χ0v) is 14.1. The van der Waals surface area contributed by atoms with Crippen LogP contribution in [0.4, 0.5) is 5.13 Å². The summed E-state index contributed by atoms with van der Waals surface area (Å²) < 4.78 is 5.26. The molecule has 3 aromatic rings. The number of hydrogen-bond donors (Lipinski definition) is 2. The standard InChI is InChI=1S/C18H18N4OS/c1-23-15-9-5-8-14(10-15)16-12-24-18(21-16)22(17(19)20)11-13-6-3-2-4-7-13/h2-10,12H,11H2,1H3,(H3,19,20). The number of guanidine groups is 1. The molecule has 0 saturated heterocycles. The fourth-order valence-electron chi connectivity index (χ4n) is 2.33. The van der Waals surface area contributed by atoms with E-state index >= 15 is 0 Å². The van der Waals surface area contributed by atoms with Crippen LogP contribution < -0.4 is 15.4 Å². The molecular weight excluding hydrogens is 320 g/mol. The van der Waals surface area contributed by atoms with E-state index in [0.717, 1.165) is 22.6 Å². The maximum atomic E-state index is 7.87. The molecule has 122 valence electrons. The maximum absolute atomic E-state index is 7.87. The Bertz CT molecular complexity index is 832. The smallest absolute Gasteiger partial charge is 0.195 e. The monoisotopic (exact) mass is 338 g/mol. The van der Waals surface area contributed by atoms with Crippen molar-refractivity contribution in [3.63, 3.8) is 0 Å². The van der Waals surface area contributed by atoms with Crippen LogP contribution in [-0.2, 0) is 6.54 Å². The van der Waals surface area contributed by atoms with Gasteiger partial charge >= 0.3 is 0 Å². The average molecular weight is 338 g/mol. The van der Waals surface area contributed by atoms with Gasteiger partial charge in [0.1, 0.15) is 5.75 Å². The molecule has 0 unspecified atom stereocenters. The molecule has 0 bridgehead atoms. The van der Waals surface area contributed by atoms with Gasteiger partial charge in [0.15, 0.2) is 11.1 Å². The first kappa shape index (κ1) is 16.0. The Balaban J connectivity index is 1.87. The third-order valence-electron chi connectivity index (χ3n) is 3.56. The Labute approximate surface area is 144 Å². The van der Waals surface area contributed by atoms with Gasteiger partial charge in [-0.15, -0.1) is 11.3 Å². The molecule has 0 aliphatic heterocycles. The molecule has 0 amide bonds. The molecule has 3 rings (SSSR count). The number of nitrogens with zero attached hydrogens (tertiary/aromatic N) is 2. The van der Waals surface area contributed by atoms with Crippen LogP contribution in [0.1, 0.15) is 5.56 Å². The molecule has 1 heterocycles. The van der Waals surface area contributed by atoms with Gasteiger partial charge in [-0.2, -0.15) is 0 Å². The van der Waals surface area contributed by atoms with Gasteiger partial charge < -0.3 is 10.5 Å². The van der Waals surface area contributed by atoms with E-state index in [-0.39, 0.29) is 5.96 Å². The van der Waals surface area contributed by atoms with Crippen molar-refractivity contribution in [1.29, 1.82) is 5.41 Å². The van der Waals surface area contributed by atoms with Crippen LogP contribution >= 0.6 is 11.3 Å². The number of anilines is 1. The molecule has 0 saturated carbocycles. The molecule has 0 radical (unpaired) electrons. The summed E-state index contributed by atoms with van der Waals surface area (Å²) in [6, 6.07) is 17.7. The first-order valence-corrected chi connectivity index (χ1v) is 8.31. The van der Waals surface area contributed by atoms with E-state index in [0.29, 0.717) is 11.7 Å². The van der Waals surface area contributed by atoms with Gasteiger partial charge in [0, 0.05) is 10.9 Å². The SMILES string of the molecule is COc1cccc(-c2csc(N(Cc3ccccc3)C(=N)N)n2)c1. The minimum atomic E-state index is -0.0228. The topological polar surface area (TPSA) is 75.2 Å². The van der Waals surface area contributed by atoms with Crippen molar-refractivity contribution < 1.29 is 4.74 Å². The second-order valence-electron chi connectivity index (χ2n) is 5.20. The summed E-state index contributed by atoms with van der Waals surface area (Å²) in [6.07, 6.45) is 0. The molecule has 0 aliphatic rings. The number of nitrogens with two attached hydrogens (primary N) is 1. The van der Waals surface area contributed by atoms with Crippen molar-refractivity contribution >= 4 is 22.4 Å². The molecule has 0 atom stereocenters. The van der Waals surface area contributed by atoms with Crippen LogP contribution in [0.2, 0.25) is 0 Å². The van der Waals surface area contributed by atoms with Crippen molar-refractivity contribution in [2.24, 2.45) is 5.73 Å². The Hall–Kier alpha value is -2.86. The lowest BCUT2D eigenvalue weighted by Crippen LogP contribution is -2.35. The van der Waals surface area contributed by atoms with Crippen LogP contribution in [-0.4, -0.2) is 18.1 Å². The first-order chi connectivity index (χ1) is 11.7. The van der Waals surface area contributed by atoms with Crippen molar-refractivity contribution in [2.45, 2.75) is 6.54 Å². The highest BCUT2D eigenvalue weighted by molar-refractivity contribution is 7.14. The summed E-state index contributed by atoms with van der Waals surface area (Å²) in [7, 11) is 1.64. The van der Waals surface area contributed by atoms with E-state index in [9.17, 15) is 0 Å². The Morgan fingerprint density at radius 3 is 2.71 bits per heavy atom. The zero-order valence-electron chi connectivity index (χ0n) is 13.3. The van der Waals surface area contributed by atoms with E-state index in [1.807, 2.05) is 60.0 Å². The number of nitrogens with one attached hydrogen (secondary N) is 1. The van der Waals surface area contributed by atoms with Crippen LogP contribution in [0.3, 0.4) is 0 Å². The average Bonchev–Trinajstić information content (AvgIpc) is 3.10. The highest BCUT2D eigenvalue weighted by Gasteiger charge is 2.15. The van der Waals surface area contributed by atoms with E-state index < -0.39 is 0 Å². The van der Waals surface area contributed by atoms with Gasteiger partial charge in [-0.1, -0.05) is 42.5 Å². The molecule has 3 N–H and O–H groups in total. The number of hydrogen-bond acceptors (Lipinski definition) is 4. The molecule has 24 heavy (non-hydrogen) atoms. The number of aromatic nitrogens is 1. The quantitative estimate of drug-likeness (QED) is 0.549. The lowest BCUT2D eigenvalue weighted by Gasteiger charge is -2.19. The molecule has 2 aromatic carbocycles. The summed E-state index contributed by atoms with van der Waals surface area (Å²) in [5, 5.41) is 10.5. The van der Waals surface area contributed by atoms with Gasteiger partial charge in [0.25, 0.3) is 0 Å². The lowest BCUT2D eigenvalue weighted by atomic mass is 10.2. The van der Waals surface area contributed by atoms with Gasteiger partial charge in [-0.3, -0.25) is 10.3 Å². The molecule has 5 nitrogen and oxygen atoms in total. The molecular formula is C18H18N4OS. The molecule has 0 spiro atoms. The first-order valence-electron chi connectivity index (χ1n) is 7.43. The normalized spacial score (nSPS) is 10.4. The molecule has 0 fully saturated rings. The summed E-state index contributed by atoms with van der Waals surface area (Å²) in [5.41, 5.74) is 8.65. The number of benzene rings is 2. The number of rotatable bonds is 5. The maximum Gasteiger partial charge on any atom is 0.195 e. The zero-order chi connectivity index (χ0) is 16.9. The predicted molar refractivity (Wildman–Crippen MR) is 98.6 cm³/mol. The number of thiazole rings is 1.